The maximum Gasteiger partial charge on any atom is 0.322 e. The van der Waals surface area contributed by atoms with Gasteiger partial charge in [0.1, 0.15) is 18.4 Å². The van der Waals surface area contributed by atoms with Gasteiger partial charge in [0.15, 0.2) is 5.78 Å². The normalized spacial score (nSPS) is 12.1. The quantitative estimate of drug-likeness (QED) is 0.406. The van der Waals surface area contributed by atoms with Gasteiger partial charge in [0, 0.05) is 17.7 Å². The Hall–Kier alpha value is -1.60. The third-order valence-corrected chi connectivity index (χ3v) is 2.51. The number of nitrogens with two attached hydrogens (primary N) is 1. The number of hydrogen-bond acceptors (Lipinski definition) is 5. The lowest BCUT2D eigenvalue weighted by molar-refractivity contribution is -0.138. The molecule has 0 aliphatic carbocycles. The van der Waals surface area contributed by atoms with Crippen LogP contribution in [0.4, 0.5) is 9.57 Å². The smallest absolute Gasteiger partial charge is 0.322 e. The lowest BCUT2D eigenvalue weighted by Gasteiger charge is -2.10. The Kier molecular flexibility index (Phi) is 4.92. The van der Waals surface area contributed by atoms with Crippen molar-refractivity contribution >= 4 is 29.8 Å². The number of anilines is 1. The number of aliphatic carboxylic acids is 1. The van der Waals surface area contributed by atoms with Crippen LogP contribution < -0.4 is 10.5 Å². The van der Waals surface area contributed by atoms with Gasteiger partial charge in [-0.2, -0.15) is 0 Å². The van der Waals surface area contributed by atoms with Gasteiger partial charge in [-0.15, -0.1) is 3.89 Å². The van der Waals surface area contributed by atoms with E-state index in [1.54, 1.807) is 18.2 Å². The monoisotopic (exact) mass is 258 g/mol. The van der Waals surface area contributed by atoms with E-state index in [-0.39, 0.29) is 30.0 Å². The molecule has 1 aromatic carbocycles. The predicted molar refractivity (Wildman–Crippen MR) is 63.1 cm³/mol. The Balaban J connectivity index is 2.77. The number of carboxylic acid groups (broad SMARTS) is 1. The molecule has 0 radical (unpaired) electrons. The average molecular weight is 258 g/mol. The highest BCUT2D eigenvalue weighted by Crippen LogP contribution is 2.14. The number of ketones is 1. The number of benzene rings is 1. The molecule has 0 amide bonds. The highest BCUT2D eigenvalue weighted by molar-refractivity contribution is 7.92. The number of nitrogen functional groups attached to an aromatic ring is 1. The molecule has 0 fully saturated rings. The summed E-state index contributed by atoms with van der Waals surface area (Å²) in [5.74, 6) is -1.74. The summed E-state index contributed by atoms with van der Waals surface area (Å²) in [5, 5.41) is 8.74. The van der Waals surface area contributed by atoms with Crippen molar-refractivity contribution in [3.63, 3.8) is 0 Å². The number of rotatable bonds is 6. The molecular formula is C10H11FN2O3S. The topological polar surface area (TPSA) is 92.4 Å². The van der Waals surface area contributed by atoms with Crippen molar-refractivity contribution in [3.05, 3.63) is 29.8 Å². The fourth-order valence-corrected chi connectivity index (χ4v) is 1.57. The second-order valence-corrected chi connectivity index (χ2v) is 3.69. The molecule has 17 heavy (non-hydrogen) atoms. The Bertz CT molecular complexity index is 428. The lowest BCUT2D eigenvalue weighted by Crippen LogP contribution is -2.34. The number of hydrogen-bond donors (Lipinski definition) is 3. The van der Waals surface area contributed by atoms with E-state index >= 15 is 0 Å². The minimum Gasteiger partial charge on any atom is -0.480 e. The zero-order valence-corrected chi connectivity index (χ0v) is 9.54. The summed E-state index contributed by atoms with van der Waals surface area (Å²) in [6.45, 7) is 0. The minimum atomic E-state index is -1.29. The number of carbonyl (C=O) groups is 2. The molecule has 0 unspecified atom stereocenters. The van der Waals surface area contributed by atoms with Crippen molar-refractivity contribution in [1.29, 1.82) is 0 Å². The van der Waals surface area contributed by atoms with Gasteiger partial charge in [-0.05, 0) is 12.1 Å². The van der Waals surface area contributed by atoms with Gasteiger partial charge in [-0.25, -0.2) is 4.72 Å². The SMILES string of the molecule is Nc1ccccc1C(=O)C[C@H](NSF)C(=O)O. The van der Waals surface area contributed by atoms with E-state index in [0.717, 1.165) is 0 Å². The molecular weight excluding hydrogens is 247 g/mol. The molecule has 1 rings (SSSR count). The molecule has 5 nitrogen and oxygen atoms in total. The molecule has 0 heterocycles. The largest absolute Gasteiger partial charge is 0.480 e. The van der Waals surface area contributed by atoms with Crippen LogP contribution in [-0.2, 0) is 4.79 Å². The first-order valence-electron chi connectivity index (χ1n) is 4.70. The van der Waals surface area contributed by atoms with E-state index in [1.807, 2.05) is 4.72 Å². The maximum atomic E-state index is 11.9. The number of carbonyl (C=O) groups excluding carboxylic acids is 1. The van der Waals surface area contributed by atoms with E-state index in [0.29, 0.717) is 0 Å². The maximum absolute atomic E-state index is 11.9. The first-order chi connectivity index (χ1) is 8.06. The van der Waals surface area contributed by atoms with Crippen molar-refractivity contribution in [2.45, 2.75) is 12.5 Å². The van der Waals surface area contributed by atoms with Gasteiger partial charge in [-0.1, -0.05) is 12.1 Å². The second kappa shape index (κ2) is 6.21. The molecule has 0 spiro atoms. The summed E-state index contributed by atoms with van der Waals surface area (Å²) in [5.41, 5.74) is 6.09. The number of nitrogens with one attached hydrogen (secondary N) is 1. The van der Waals surface area contributed by atoms with Crippen molar-refractivity contribution in [1.82, 2.24) is 4.72 Å². The van der Waals surface area contributed by atoms with Gasteiger partial charge >= 0.3 is 5.97 Å². The standard InChI is InChI=1S/C10H11FN2O3S/c11-17-13-8(10(15)16)5-9(14)6-3-1-2-4-7(6)12/h1-4,8,13H,5,12H2,(H,15,16)/t8-/m0/s1. The average Bonchev–Trinajstić information content (AvgIpc) is 2.28. The van der Waals surface area contributed by atoms with Crippen LogP contribution in [0.25, 0.3) is 0 Å². The summed E-state index contributed by atoms with van der Waals surface area (Å²) >= 11 is -0.335. The molecule has 0 aliphatic rings. The van der Waals surface area contributed by atoms with Crippen LogP contribution in [-0.4, -0.2) is 22.9 Å². The van der Waals surface area contributed by atoms with Crippen LogP contribution >= 0.6 is 12.3 Å². The molecule has 92 valence electrons. The molecule has 1 aromatic rings. The number of halogens is 1. The third-order valence-electron chi connectivity index (χ3n) is 2.14. The van der Waals surface area contributed by atoms with E-state index in [9.17, 15) is 13.5 Å². The highest BCUT2D eigenvalue weighted by Gasteiger charge is 2.22. The summed E-state index contributed by atoms with van der Waals surface area (Å²) in [6, 6.07) is 5.05. The van der Waals surface area contributed by atoms with Crippen LogP contribution in [0.15, 0.2) is 24.3 Å². The van der Waals surface area contributed by atoms with Gasteiger partial charge < -0.3 is 10.8 Å². The molecule has 0 saturated carbocycles. The van der Waals surface area contributed by atoms with Gasteiger partial charge in [0.2, 0.25) is 0 Å². The van der Waals surface area contributed by atoms with Crippen molar-refractivity contribution in [2.75, 3.05) is 5.73 Å². The summed E-state index contributed by atoms with van der Waals surface area (Å²) < 4.78 is 13.9. The molecule has 1 atom stereocenters. The Morgan fingerprint density at radius 2 is 2.12 bits per heavy atom. The molecule has 0 saturated heterocycles. The summed E-state index contributed by atoms with van der Waals surface area (Å²) in [7, 11) is 0. The van der Waals surface area contributed by atoms with E-state index < -0.39 is 17.8 Å². The summed E-state index contributed by atoms with van der Waals surface area (Å²) in [4.78, 5) is 22.5. The number of carboxylic acids is 1. The molecule has 4 N–H and O–H groups in total. The van der Waals surface area contributed by atoms with Crippen molar-refractivity contribution < 1.29 is 18.6 Å². The van der Waals surface area contributed by atoms with Gasteiger partial charge in [0.05, 0.1) is 0 Å². The molecule has 0 aliphatic heterocycles. The Morgan fingerprint density at radius 1 is 1.47 bits per heavy atom. The van der Waals surface area contributed by atoms with Gasteiger partial charge in [-0.3, -0.25) is 9.59 Å². The fourth-order valence-electron chi connectivity index (χ4n) is 1.28. The molecule has 7 heteroatoms. The predicted octanol–water partition coefficient (Wildman–Crippen LogP) is 1.42. The second-order valence-electron chi connectivity index (χ2n) is 3.30. The zero-order valence-electron chi connectivity index (χ0n) is 8.72. The highest BCUT2D eigenvalue weighted by atomic mass is 32.2. The fraction of sp³-hybridized carbons (Fsp3) is 0.200. The van der Waals surface area contributed by atoms with Crippen LogP contribution in [0.3, 0.4) is 0 Å². The van der Waals surface area contributed by atoms with Crippen LogP contribution in [0.2, 0.25) is 0 Å². The lowest BCUT2D eigenvalue weighted by atomic mass is 10.0. The number of para-hydroxylation sites is 1. The Morgan fingerprint density at radius 3 is 2.65 bits per heavy atom. The van der Waals surface area contributed by atoms with Crippen molar-refractivity contribution in [2.24, 2.45) is 0 Å². The van der Waals surface area contributed by atoms with E-state index in [1.165, 1.54) is 6.07 Å². The van der Waals surface area contributed by atoms with Crippen LogP contribution in [0.1, 0.15) is 16.8 Å². The molecule has 0 bridgehead atoms. The summed E-state index contributed by atoms with van der Waals surface area (Å²) in [6.07, 6.45) is -0.361. The minimum absolute atomic E-state index is 0.240. The first-order valence-corrected chi connectivity index (χ1v) is 5.41. The Labute approximate surface area is 102 Å². The van der Waals surface area contributed by atoms with Crippen LogP contribution in [0.5, 0.6) is 0 Å². The number of Topliss-reactive ketones (excluding diaryl/α,β-unsaturated/α-hetero) is 1. The van der Waals surface area contributed by atoms with Crippen LogP contribution in [0, 0.1) is 0 Å². The van der Waals surface area contributed by atoms with Crippen molar-refractivity contribution in [3.8, 4) is 0 Å². The van der Waals surface area contributed by atoms with Gasteiger partial charge in [0.25, 0.3) is 0 Å². The zero-order chi connectivity index (χ0) is 12.8. The van der Waals surface area contributed by atoms with E-state index in [4.69, 9.17) is 10.8 Å². The molecule has 0 aromatic heterocycles. The van der Waals surface area contributed by atoms with E-state index in [2.05, 4.69) is 0 Å². The third kappa shape index (κ3) is 3.72. The first kappa shape index (κ1) is 13.5.